The summed E-state index contributed by atoms with van der Waals surface area (Å²) >= 11 is 0. The molecule has 9 heteroatoms. The minimum atomic E-state index is -3.63. The third-order valence-electron chi connectivity index (χ3n) is 2.79. The molecule has 1 aromatic carbocycles. The maximum Gasteiger partial charge on any atom is 0.241 e. The monoisotopic (exact) mass is 296 g/mol. The minimum absolute atomic E-state index is 0.0537. The summed E-state index contributed by atoms with van der Waals surface area (Å²) in [6, 6.07) is 3.35. The smallest absolute Gasteiger partial charge is 0.241 e. The van der Waals surface area contributed by atoms with Gasteiger partial charge in [-0.05, 0) is 37.1 Å². The number of hydrazine groups is 1. The lowest BCUT2D eigenvalue weighted by Crippen LogP contribution is -2.25. The number of nitrogen functional groups attached to an aromatic ring is 1. The van der Waals surface area contributed by atoms with Gasteiger partial charge >= 0.3 is 0 Å². The molecule has 0 saturated carbocycles. The van der Waals surface area contributed by atoms with E-state index in [0.29, 0.717) is 22.6 Å². The number of rotatable bonds is 5. The Morgan fingerprint density at radius 3 is 2.45 bits per heavy atom. The highest BCUT2D eigenvalue weighted by Gasteiger charge is 2.20. The number of nitrogens with zero attached hydrogens (tertiary/aromatic N) is 2. The fraction of sp³-hybridized carbons (Fsp3) is 0.273. The predicted octanol–water partition coefficient (Wildman–Crippen LogP) is 0.186. The quantitative estimate of drug-likeness (QED) is 0.461. The number of nitrogens with two attached hydrogens (primary N) is 1. The molecular formula is C11H16N6O2S. The van der Waals surface area contributed by atoms with Crippen LogP contribution in [0.1, 0.15) is 17.0 Å². The Morgan fingerprint density at radius 1 is 1.30 bits per heavy atom. The molecule has 0 spiro atoms. The molecule has 0 aliphatic heterocycles. The van der Waals surface area contributed by atoms with Gasteiger partial charge in [-0.25, -0.2) is 18.1 Å². The van der Waals surface area contributed by atoms with Gasteiger partial charge in [-0.2, -0.15) is 5.10 Å². The zero-order chi connectivity index (χ0) is 14.8. The van der Waals surface area contributed by atoms with Crippen molar-refractivity contribution in [3.63, 3.8) is 0 Å². The first-order chi connectivity index (χ1) is 9.44. The van der Waals surface area contributed by atoms with E-state index < -0.39 is 10.0 Å². The second kappa shape index (κ2) is 5.57. The normalized spacial score (nSPS) is 11.6. The maximum atomic E-state index is 12.3. The van der Waals surface area contributed by atoms with Gasteiger partial charge in [0.1, 0.15) is 12.2 Å². The number of anilines is 1. The maximum absolute atomic E-state index is 12.3. The zero-order valence-corrected chi connectivity index (χ0v) is 12.0. The molecule has 0 bridgehead atoms. The summed E-state index contributed by atoms with van der Waals surface area (Å²) in [6.07, 6.45) is 1.32. The van der Waals surface area contributed by atoms with Crippen LogP contribution in [0.3, 0.4) is 0 Å². The third kappa shape index (κ3) is 2.95. The van der Waals surface area contributed by atoms with Gasteiger partial charge in [0.2, 0.25) is 10.0 Å². The standard InChI is InChI=1S/C11H16N6O2S/c1-7-3-9(16-12)4-8(2)11(7)20(18,19)15-5-10-13-6-14-17-10/h3-4,6,15-16H,5,12H2,1-2H3,(H,13,14,17). The molecule has 0 atom stereocenters. The second-order valence-electron chi connectivity index (χ2n) is 4.34. The molecule has 108 valence electrons. The van der Waals surface area contributed by atoms with Crippen LogP contribution in [0.4, 0.5) is 5.69 Å². The van der Waals surface area contributed by atoms with Gasteiger partial charge in [0.15, 0.2) is 0 Å². The van der Waals surface area contributed by atoms with E-state index in [2.05, 4.69) is 25.3 Å². The highest BCUT2D eigenvalue weighted by atomic mass is 32.2. The Balaban J connectivity index is 2.29. The minimum Gasteiger partial charge on any atom is -0.324 e. The topological polar surface area (TPSA) is 126 Å². The molecule has 1 aromatic heterocycles. The lowest BCUT2D eigenvalue weighted by molar-refractivity contribution is 0.578. The van der Waals surface area contributed by atoms with Crippen molar-refractivity contribution in [2.45, 2.75) is 25.3 Å². The summed E-state index contributed by atoms with van der Waals surface area (Å²) in [5.74, 6) is 5.78. The molecule has 2 rings (SSSR count). The lowest BCUT2D eigenvalue weighted by Gasteiger charge is -2.13. The largest absolute Gasteiger partial charge is 0.324 e. The molecule has 2 aromatic rings. The van der Waals surface area contributed by atoms with Crippen LogP contribution in [-0.2, 0) is 16.6 Å². The summed E-state index contributed by atoms with van der Waals surface area (Å²) in [6.45, 7) is 3.49. The van der Waals surface area contributed by atoms with Gasteiger partial charge in [-0.15, -0.1) is 0 Å². The first kappa shape index (κ1) is 14.4. The number of sulfonamides is 1. The highest BCUT2D eigenvalue weighted by molar-refractivity contribution is 7.89. The molecular weight excluding hydrogens is 280 g/mol. The van der Waals surface area contributed by atoms with E-state index in [1.54, 1.807) is 26.0 Å². The van der Waals surface area contributed by atoms with Crippen molar-refractivity contribution in [1.82, 2.24) is 19.9 Å². The molecule has 1 heterocycles. The average Bonchev–Trinajstić information content (AvgIpc) is 2.88. The number of hydrogen-bond acceptors (Lipinski definition) is 6. The Kier molecular flexibility index (Phi) is 4.02. The fourth-order valence-corrected chi connectivity index (χ4v) is 3.45. The SMILES string of the molecule is Cc1cc(NN)cc(C)c1S(=O)(=O)NCc1ncn[nH]1. The van der Waals surface area contributed by atoms with Crippen molar-refractivity contribution >= 4 is 15.7 Å². The molecule has 0 radical (unpaired) electrons. The molecule has 0 aliphatic rings. The Morgan fingerprint density at radius 2 is 1.95 bits per heavy atom. The van der Waals surface area contributed by atoms with E-state index >= 15 is 0 Å². The summed E-state index contributed by atoms with van der Waals surface area (Å²) < 4.78 is 27.2. The van der Waals surface area contributed by atoms with E-state index in [1.807, 2.05) is 0 Å². The Labute approximate surface area is 116 Å². The number of nitrogens with one attached hydrogen (secondary N) is 3. The fourth-order valence-electron chi connectivity index (χ4n) is 2.01. The van der Waals surface area contributed by atoms with Gasteiger partial charge in [0.25, 0.3) is 0 Å². The summed E-state index contributed by atoms with van der Waals surface area (Å²) in [5.41, 5.74) is 4.39. The zero-order valence-electron chi connectivity index (χ0n) is 11.1. The molecule has 0 unspecified atom stereocenters. The lowest BCUT2D eigenvalue weighted by atomic mass is 10.1. The van der Waals surface area contributed by atoms with E-state index in [-0.39, 0.29) is 11.4 Å². The van der Waals surface area contributed by atoms with Crippen LogP contribution in [-0.4, -0.2) is 23.6 Å². The summed E-state index contributed by atoms with van der Waals surface area (Å²) in [5, 5.41) is 6.25. The van der Waals surface area contributed by atoms with Crippen LogP contribution in [0.5, 0.6) is 0 Å². The van der Waals surface area contributed by atoms with Gasteiger partial charge in [-0.1, -0.05) is 0 Å². The number of H-pyrrole nitrogens is 1. The van der Waals surface area contributed by atoms with Crippen LogP contribution < -0.4 is 16.0 Å². The van der Waals surface area contributed by atoms with Crippen molar-refractivity contribution in [3.05, 3.63) is 35.4 Å². The molecule has 20 heavy (non-hydrogen) atoms. The van der Waals surface area contributed by atoms with Crippen molar-refractivity contribution in [1.29, 1.82) is 0 Å². The van der Waals surface area contributed by atoms with Crippen LogP contribution in [0.2, 0.25) is 0 Å². The molecule has 0 saturated heterocycles. The van der Waals surface area contributed by atoms with Crippen LogP contribution in [0.25, 0.3) is 0 Å². The predicted molar refractivity (Wildman–Crippen MR) is 74.1 cm³/mol. The molecule has 0 amide bonds. The van der Waals surface area contributed by atoms with Crippen molar-refractivity contribution in [3.8, 4) is 0 Å². The van der Waals surface area contributed by atoms with E-state index in [1.165, 1.54) is 6.33 Å². The van der Waals surface area contributed by atoms with Gasteiger partial charge in [-0.3, -0.25) is 10.9 Å². The van der Waals surface area contributed by atoms with Crippen molar-refractivity contribution in [2.24, 2.45) is 5.84 Å². The van der Waals surface area contributed by atoms with Gasteiger partial charge in [0.05, 0.1) is 11.4 Å². The highest BCUT2D eigenvalue weighted by Crippen LogP contribution is 2.23. The molecule has 8 nitrogen and oxygen atoms in total. The number of aryl methyl sites for hydroxylation is 2. The number of aromatic amines is 1. The molecule has 5 N–H and O–H groups in total. The summed E-state index contributed by atoms with van der Waals surface area (Å²) in [7, 11) is -3.63. The number of aromatic nitrogens is 3. The van der Waals surface area contributed by atoms with Crippen LogP contribution >= 0.6 is 0 Å². The van der Waals surface area contributed by atoms with Gasteiger partial charge < -0.3 is 5.43 Å². The molecule has 0 fully saturated rings. The average molecular weight is 296 g/mol. The van der Waals surface area contributed by atoms with E-state index in [0.717, 1.165) is 0 Å². The third-order valence-corrected chi connectivity index (χ3v) is 4.50. The van der Waals surface area contributed by atoms with Crippen LogP contribution in [0, 0.1) is 13.8 Å². The van der Waals surface area contributed by atoms with E-state index in [4.69, 9.17) is 5.84 Å². The second-order valence-corrected chi connectivity index (χ2v) is 6.04. The number of hydrogen-bond donors (Lipinski definition) is 4. The van der Waals surface area contributed by atoms with E-state index in [9.17, 15) is 8.42 Å². The first-order valence-corrected chi connectivity index (χ1v) is 7.34. The first-order valence-electron chi connectivity index (χ1n) is 5.86. The summed E-state index contributed by atoms with van der Waals surface area (Å²) in [4.78, 5) is 4.11. The van der Waals surface area contributed by atoms with Crippen molar-refractivity contribution < 1.29 is 8.42 Å². The Bertz CT molecular complexity index is 673. The van der Waals surface area contributed by atoms with Gasteiger partial charge in [0, 0.05) is 5.69 Å². The Hall–Kier alpha value is -1.97. The van der Waals surface area contributed by atoms with Crippen LogP contribution in [0.15, 0.2) is 23.4 Å². The van der Waals surface area contributed by atoms with Crippen molar-refractivity contribution in [2.75, 3.05) is 5.43 Å². The number of benzene rings is 1. The molecule has 0 aliphatic carbocycles.